The molecule has 3 aromatic carbocycles. The van der Waals surface area contributed by atoms with E-state index in [9.17, 15) is 10.1 Å². The second-order valence-corrected chi connectivity index (χ2v) is 6.52. The van der Waals surface area contributed by atoms with E-state index in [1.165, 1.54) is 17.7 Å². The van der Waals surface area contributed by atoms with Crippen LogP contribution in [0.15, 0.2) is 83.9 Å². The Kier molecular flexibility index (Phi) is 4.52. The summed E-state index contributed by atoms with van der Waals surface area (Å²) in [6, 6.07) is 24.5. The van der Waals surface area contributed by atoms with Crippen LogP contribution < -0.4 is 0 Å². The van der Waals surface area contributed by atoms with E-state index in [-0.39, 0.29) is 17.9 Å². The molecule has 0 spiro atoms. The molecule has 134 valence electrons. The summed E-state index contributed by atoms with van der Waals surface area (Å²) in [4.78, 5) is 15.3. The van der Waals surface area contributed by atoms with Gasteiger partial charge in [-0.25, -0.2) is 4.99 Å². The van der Waals surface area contributed by atoms with Crippen LogP contribution in [0.4, 0.5) is 11.4 Å². The predicted molar refractivity (Wildman–Crippen MR) is 105 cm³/mol. The van der Waals surface area contributed by atoms with Crippen molar-refractivity contribution in [3.8, 4) is 0 Å². The highest BCUT2D eigenvalue weighted by Crippen LogP contribution is 2.42. The summed E-state index contributed by atoms with van der Waals surface area (Å²) >= 11 is 0. The van der Waals surface area contributed by atoms with E-state index >= 15 is 0 Å². The van der Waals surface area contributed by atoms with Crippen molar-refractivity contribution in [1.29, 1.82) is 0 Å². The van der Waals surface area contributed by atoms with E-state index in [1.807, 2.05) is 61.5 Å². The van der Waals surface area contributed by atoms with E-state index in [1.54, 1.807) is 12.1 Å². The molecule has 5 heteroatoms. The fraction of sp³-hybridized carbons (Fsp3) is 0.136. The van der Waals surface area contributed by atoms with Gasteiger partial charge in [-0.2, -0.15) is 0 Å². The number of hydrogen-bond acceptors (Lipinski definition) is 4. The van der Waals surface area contributed by atoms with Crippen LogP contribution in [0.2, 0.25) is 0 Å². The lowest BCUT2D eigenvalue weighted by Crippen LogP contribution is -2.09. The molecule has 0 saturated carbocycles. The minimum Gasteiger partial charge on any atom is -0.358 e. The van der Waals surface area contributed by atoms with Gasteiger partial charge in [-0.15, -0.1) is 0 Å². The summed E-state index contributed by atoms with van der Waals surface area (Å²) in [6.07, 6.45) is -0.314. The molecule has 4 rings (SSSR count). The molecule has 1 fully saturated rings. The van der Waals surface area contributed by atoms with Crippen LogP contribution in [0.5, 0.6) is 0 Å². The van der Waals surface area contributed by atoms with Crippen LogP contribution in [-0.2, 0) is 4.74 Å². The summed E-state index contributed by atoms with van der Waals surface area (Å²) < 4.78 is 5.92. The van der Waals surface area contributed by atoms with Crippen molar-refractivity contribution in [3.63, 3.8) is 0 Å². The summed E-state index contributed by atoms with van der Waals surface area (Å²) in [7, 11) is 0. The van der Waals surface area contributed by atoms with Gasteiger partial charge in [-0.05, 0) is 42.3 Å². The number of non-ortho nitro benzene ring substituents is 1. The van der Waals surface area contributed by atoms with E-state index in [0.717, 1.165) is 22.5 Å². The molecule has 0 aliphatic carbocycles. The maximum Gasteiger partial charge on any atom is 0.269 e. The largest absolute Gasteiger partial charge is 0.358 e. The molecule has 0 unspecified atom stereocenters. The van der Waals surface area contributed by atoms with Crippen molar-refractivity contribution in [1.82, 2.24) is 0 Å². The van der Waals surface area contributed by atoms with Gasteiger partial charge >= 0.3 is 0 Å². The molecule has 0 amide bonds. The number of epoxide rings is 1. The highest BCUT2D eigenvalue weighted by molar-refractivity contribution is 6.07. The van der Waals surface area contributed by atoms with Gasteiger partial charge < -0.3 is 4.74 Å². The molecule has 0 radical (unpaired) electrons. The van der Waals surface area contributed by atoms with Crippen LogP contribution >= 0.6 is 0 Å². The third-order valence-electron chi connectivity index (χ3n) is 4.55. The second kappa shape index (κ2) is 7.13. The zero-order valence-electron chi connectivity index (χ0n) is 14.8. The van der Waals surface area contributed by atoms with Crippen LogP contribution in [0, 0.1) is 17.0 Å². The van der Waals surface area contributed by atoms with Gasteiger partial charge in [0.2, 0.25) is 0 Å². The molecule has 1 saturated heterocycles. The zero-order valence-corrected chi connectivity index (χ0v) is 14.8. The first-order valence-corrected chi connectivity index (χ1v) is 8.72. The summed E-state index contributed by atoms with van der Waals surface area (Å²) in [5.41, 5.74) is 4.92. The van der Waals surface area contributed by atoms with Gasteiger partial charge in [0.25, 0.3) is 5.69 Å². The highest BCUT2D eigenvalue weighted by Gasteiger charge is 2.44. The van der Waals surface area contributed by atoms with Crippen molar-refractivity contribution < 1.29 is 9.66 Å². The van der Waals surface area contributed by atoms with Crippen LogP contribution in [0.1, 0.15) is 22.8 Å². The lowest BCUT2D eigenvalue weighted by atomic mass is 10.0. The Morgan fingerprint density at radius 3 is 2.26 bits per heavy atom. The fourth-order valence-electron chi connectivity index (χ4n) is 3.02. The van der Waals surface area contributed by atoms with Gasteiger partial charge in [-0.1, -0.05) is 48.0 Å². The number of benzene rings is 3. The van der Waals surface area contributed by atoms with Gasteiger partial charge in [0.05, 0.1) is 16.3 Å². The maximum absolute atomic E-state index is 10.8. The normalized spacial score (nSPS) is 18.9. The van der Waals surface area contributed by atoms with Crippen LogP contribution in [0.3, 0.4) is 0 Å². The predicted octanol–water partition coefficient (Wildman–Crippen LogP) is 5.16. The minimum absolute atomic E-state index is 0.0764. The van der Waals surface area contributed by atoms with Crippen molar-refractivity contribution in [2.45, 2.75) is 19.1 Å². The van der Waals surface area contributed by atoms with Crippen molar-refractivity contribution >= 4 is 17.1 Å². The van der Waals surface area contributed by atoms with Crippen LogP contribution in [-0.4, -0.2) is 16.7 Å². The summed E-state index contributed by atoms with van der Waals surface area (Å²) in [6.45, 7) is 2.04. The Hall–Kier alpha value is -3.31. The van der Waals surface area contributed by atoms with Gasteiger partial charge in [0.15, 0.2) is 0 Å². The lowest BCUT2D eigenvalue weighted by Gasteiger charge is -2.05. The molecule has 2 atom stereocenters. The molecule has 3 aromatic rings. The number of aryl methyl sites for hydroxylation is 1. The van der Waals surface area contributed by atoms with Crippen molar-refractivity contribution in [3.05, 3.63) is 106 Å². The number of ether oxygens (including phenoxy) is 1. The van der Waals surface area contributed by atoms with E-state index in [4.69, 9.17) is 9.73 Å². The Bertz CT molecular complexity index is 980. The van der Waals surface area contributed by atoms with Gasteiger partial charge in [0, 0.05) is 12.1 Å². The monoisotopic (exact) mass is 358 g/mol. The molecule has 1 heterocycles. The van der Waals surface area contributed by atoms with Crippen molar-refractivity contribution in [2.24, 2.45) is 4.99 Å². The average molecular weight is 358 g/mol. The first-order valence-electron chi connectivity index (χ1n) is 8.72. The summed E-state index contributed by atoms with van der Waals surface area (Å²) in [5.74, 6) is 0. The Morgan fingerprint density at radius 1 is 0.963 bits per heavy atom. The molecule has 27 heavy (non-hydrogen) atoms. The Balaban J connectivity index is 1.64. The first kappa shape index (κ1) is 17.1. The lowest BCUT2D eigenvalue weighted by molar-refractivity contribution is -0.384. The minimum atomic E-state index is -0.400. The molecule has 0 N–H and O–H groups in total. The quantitative estimate of drug-likeness (QED) is 0.274. The number of rotatable bonds is 5. The number of nitro benzene ring substituents is 1. The molecular weight excluding hydrogens is 340 g/mol. The van der Waals surface area contributed by atoms with Crippen molar-refractivity contribution in [2.75, 3.05) is 0 Å². The Morgan fingerprint density at radius 2 is 1.63 bits per heavy atom. The van der Waals surface area contributed by atoms with E-state index < -0.39 is 4.92 Å². The number of hydrogen-bond donors (Lipinski definition) is 0. The van der Waals surface area contributed by atoms with E-state index in [0.29, 0.717) is 0 Å². The van der Waals surface area contributed by atoms with Crippen LogP contribution in [0.25, 0.3) is 0 Å². The number of nitro groups is 1. The topological polar surface area (TPSA) is 68.0 Å². The third-order valence-corrected chi connectivity index (χ3v) is 4.55. The maximum atomic E-state index is 10.8. The SMILES string of the molecule is Cc1ccc(N=C(c2ccccc2)[C@H]2O[C@@H]2c2ccc([N+](=O)[O-])cc2)cc1. The third kappa shape index (κ3) is 3.78. The zero-order chi connectivity index (χ0) is 18.8. The summed E-state index contributed by atoms with van der Waals surface area (Å²) in [5, 5.41) is 10.8. The van der Waals surface area contributed by atoms with E-state index in [2.05, 4.69) is 0 Å². The molecule has 5 nitrogen and oxygen atoms in total. The molecular formula is C22H18N2O3. The second-order valence-electron chi connectivity index (χ2n) is 6.52. The first-order chi connectivity index (χ1) is 13.1. The smallest absolute Gasteiger partial charge is 0.269 e. The number of nitrogens with zero attached hydrogens (tertiary/aromatic N) is 2. The van der Waals surface area contributed by atoms with Gasteiger partial charge in [-0.3, -0.25) is 10.1 Å². The number of aliphatic imine (C=N–C) groups is 1. The van der Waals surface area contributed by atoms with Gasteiger partial charge in [0.1, 0.15) is 12.2 Å². The highest BCUT2D eigenvalue weighted by atomic mass is 16.6. The standard InChI is InChI=1S/C22H18N2O3/c1-15-7-11-18(12-8-15)23-20(16-5-3-2-4-6-16)22-21(27-22)17-9-13-19(14-10-17)24(25)26/h2-14,21-22H,1H3/t21-,22-/m1/s1. The molecule has 0 aromatic heterocycles. The average Bonchev–Trinajstić information content (AvgIpc) is 3.49. The Labute approximate surface area is 157 Å². The molecule has 1 aliphatic heterocycles. The molecule has 0 bridgehead atoms. The molecule has 1 aliphatic rings. The fourth-order valence-corrected chi connectivity index (χ4v) is 3.02.